The summed E-state index contributed by atoms with van der Waals surface area (Å²) < 4.78 is 1.79. The van der Waals surface area contributed by atoms with Crippen molar-refractivity contribution in [3.63, 3.8) is 0 Å². The Morgan fingerprint density at radius 1 is 1.29 bits per heavy atom. The lowest BCUT2D eigenvalue weighted by molar-refractivity contribution is -0.117. The molecule has 1 N–H and O–H groups in total. The maximum absolute atomic E-state index is 12.9. The summed E-state index contributed by atoms with van der Waals surface area (Å²) in [5.74, 6) is -0.622. The fourth-order valence-electron chi connectivity index (χ4n) is 4.59. The largest absolute Gasteiger partial charge is 0.332 e. The first-order valence-electron chi connectivity index (χ1n) is 10.5. The van der Waals surface area contributed by atoms with Crippen LogP contribution in [0, 0.1) is 12.8 Å². The molecule has 0 bridgehead atoms. The molecule has 0 aromatic carbocycles. The Kier molecular flexibility index (Phi) is 4.54. The number of allylic oxidation sites excluding steroid dienone is 3. The summed E-state index contributed by atoms with van der Waals surface area (Å²) in [4.78, 5) is 46.9. The van der Waals surface area contributed by atoms with Crippen LogP contribution < -0.4 is 10.7 Å². The number of aromatic nitrogens is 2. The molecule has 31 heavy (non-hydrogen) atoms. The van der Waals surface area contributed by atoms with Crippen molar-refractivity contribution < 1.29 is 9.59 Å². The summed E-state index contributed by atoms with van der Waals surface area (Å²) in [6.07, 6.45) is 9.75. The summed E-state index contributed by atoms with van der Waals surface area (Å²) in [5.41, 5.74) is 4.21. The minimum absolute atomic E-state index is 0.00916. The zero-order valence-electron chi connectivity index (χ0n) is 17.4. The van der Waals surface area contributed by atoms with Crippen LogP contribution in [0.15, 0.2) is 63.2 Å². The van der Waals surface area contributed by atoms with Gasteiger partial charge < -0.3 is 9.88 Å². The number of aliphatic imine (C=N–C) groups is 1. The normalized spacial score (nSPS) is 21.2. The molecule has 5 rings (SSSR count). The Balaban J connectivity index is 1.52. The van der Waals surface area contributed by atoms with Gasteiger partial charge in [0.25, 0.3) is 11.8 Å². The van der Waals surface area contributed by atoms with Gasteiger partial charge in [-0.05, 0) is 63.0 Å². The number of rotatable bonds is 2. The molecular weight excluding hydrogens is 392 g/mol. The molecule has 2 aliphatic carbocycles. The Morgan fingerprint density at radius 2 is 2.13 bits per heavy atom. The van der Waals surface area contributed by atoms with E-state index in [1.54, 1.807) is 28.9 Å². The SMILES string of the molecule is CCn1cc(C(=O)N=C2C=CC3C(=C2)NC(=O)C2=C3CCC2)c(=O)c2ccc(C)nc21. The molecule has 0 saturated heterocycles. The molecule has 1 atom stereocenters. The summed E-state index contributed by atoms with van der Waals surface area (Å²) >= 11 is 0. The smallest absolute Gasteiger partial charge is 0.283 e. The predicted octanol–water partition coefficient (Wildman–Crippen LogP) is 2.99. The standard InChI is InChI=1S/C24H22N4O3/c1-3-28-12-19(21(29)18-9-7-13(2)25-22(18)28)24(31)26-14-8-10-16-15-5-4-6-17(15)23(30)27-20(16)11-14/h7-12,16H,3-6H2,1-2H3,(H,27,30). The van der Waals surface area contributed by atoms with E-state index in [0.29, 0.717) is 23.3 Å². The van der Waals surface area contributed by atoms with Crippen LogP contribution >= 0.6 is 0 Å². The van der Waals surface area contributed by atoms with Crippen LogP contribution in [0.4, 0.5) is 0 Å². The van der Waals surface area contributed by atoms with Gasteiger partial charge in [0.05, 0.1) is 11.1 Å². The van der Waals surface area contributed by atoms with Crippen LogP contribution in [0.3, 0.4) is 0 Å². The van der Waals surface area contributed by atoms with Gasteiger partial charge in [0.15, 0.2) is 0 Å². The number of carbonyl (C=O) groups excluding carboxylic acids is 2. The minimum atomic E-state index is -0.604. The average Bonchev–Trinajstić information content (AvgIpc) is 3.24. The van der Waals surface area contributed by atoms with Crippen molar-refractivity contribution in [2.24, 2.45) is 10.9 Å². The van der Waals surface area contributed by atoms with Crippen molar-refractivity contribution in [3.05, 3.63) is 74.9 Å². The highest BCUT2D eigenvalue weighted by molar-refractivity contribution is 6.14. The van der Waals surface area contributed by atoms with E-state index in [1.165, 1.54) is 11.8 Å². The molecule has 1 unspecified atom stereocenters. The van der Waals surface area contributed by atoms with Crippen LogP contribution in [-0.4, -0.2) is 27.1 Å². The third kappa shape index (κ3) is 3.17. The number of carbonyl (C=O) groups is 2. The predicted molar refractivity (Wildman–Crippen MR) is 118 cm³/mol. The van der Waals surface area contributed by atoms with E-state index in [1.807, 2.05) is 19.9 Å². The van der Waals surface area contributed by atoms with E-state index in [0.717, 1.165) is 36.2 Å². The molecule has 7 nitrogen and oxygen atoms in total. The Hall–Kier alpha value is -3.61. The molecule has 3 heterocycles. The minimum Gasteiger partial charge on any atom is -0.332 e. The number of pyridine rings is 2. The van der Waals surface area contributed by atoms with E-state index in [-0.39, 0.29) is 22.8 Å². The van der Waals surface area contributed by atoms with E-state index in [9.17, 15) is 14.4 Å². The number of aryl methyl sites for hydroxylation is 2. The van der Waals surface area contributed by atoms with Gasteiger partial charge in [-0.2, -0.15) is 0 Å². The molecule has 2 aromatic rings. The second-order valence-electron chi connectivity index (χ2n) is 8.07. The number of nitrogens with one attached hydrogen (secondary N) is 1. The zero-order chi connectivity index (χ0) is 21.7. The van der Waals surface area contributed by atoms with Gasteiger partial charge in [0, 0.05) is 35.6 Å². The first-order chi connectivity index (χ1) is 15.0. The van der Waals surface area contributed by atoms with Gasteiger partial charge in [-0.15, -0.1) is 0 Å². The lowest BCUT2D eigenvalue weighted by Crippen LogP contribution is -2.35. The molecule has 1 aliphatic heterocycles. The topological polar surface area (TPSA) is 93.4 Å². The molecular formula is C24H22N4O3. The van der Waals surface area contributed by atoms with E-state index in [4.69, 9.17) is 0 Å². The average molecular weight is 414 g/mol. The van der Waals surface area contributed by atoms with Crippen LogP contribution in [0.2, 0.25) is 0 Å². The Labute approximate surface area is 178 Å². The number of hydrogen-bond donors (Lipinski definition) is 1. The molecule has 7 heteroatoms. The fourth-order valence-corrected chi connectivity index (χ4v) is 4.59. The summed E-state index contributed by atoms with van der Waals surface area (Å²) in [7, 11) is 0. The van der Waals surface area contributed by atoms with Crippen LogP contribution in [0.1, 0.15) is 42.2 Å². The molecule has 3 aliphatic rings. The number of amides is 2. The molecule has 0 spiro atoms. The second-order valence-corrected chi connectivity index (χ2v) is 8.07. The van der Waals surface area contributed by atoms with Gasteiger partial charge in [-0.1, -0.05) is 6.08 Å². The molecule has 2 aromatic heterocycles. The van der Waals surface area contributed by atoms with Gasteiger partial charge in [0.2, 0.25) is 5.43 Å². The third-order valence-electron chi connectivity index (χ3n) is 6.13. The maximum atomic E-state index is 12.9. The van der Waals surface area contributed by atoms with E-state index in [2.05, 4.69) is 15.3 Å². The first-order valence-corrected chi connectivity index (χ1v) is 10.5. The van der Waals surface area contributed by atoms with Gasteiger partial charge in [-0.25, -0.2) is 9.98 Å². The molecule has 0 radical (unpaired) electrons. The monoisotopic (exact) mass is 414 g/mol. The van der Waals surface area contributed by atoms with Gasteiger partial charge in [-0.3, -0.25) is 14.4 Å². The highest BCUT2D eigenvalue weighted by Crippen LogP contribution is 2.39. The zero-order valence-corrected chi connectivity index (χ0v) is 17.4. The molecule has 156 valence electrons. The highest BCUT2D eigenvalue weighted by atomic mass is 16.2. The maximum Gasteiger partial charge on any atom is 0.283 e. The quantitative estimate of drug-likeness (QED) is 0.818. The molecule has 0 fully saturated rings. The van der Waals surface area contributed by atoms with Crippen LogP contribution in [-0.2, 0) is 11.3 Å². The van der Waals surface area contributed by atoms with Crippen molar-refractivity contribution >= 4 is 28.6 Å². The van der Waals surface area contributed by atoms with Crippen molar-refractivity contribution in [1.82, 2.24) is 14.9 Å². The fraction of sp³-hybridized carbons (Fsp3) is 0.292. The Bertz CT molecular complexity index is 1340. The van der Waals surface area contributed by atoms with Crippen LogP contribution in [0.5, 0.6) is 0 Å². The number of fused-ring (bicyclic) bond motifs is 3. The summed E-state index contributed by atoms with van der Waals surface area (Å²) in [5, 5.41) is 3.34. The molecule has 0 saturated carbocycles. The second kappa shape index (κ2) is 7.27. The number of nitrogens with zero attached hydrogens (tertiary/aromatic N) is 3. The highest BCUT2D eigenvalue weighted by Gasteiger charge is 2.34. The van der Waals surface area contributed by atoms with E-state index >= 15 is 0 Å². The number of hydrogen-bond acceptors (Lipinski definition) is 4. The van der Waals surface area contributed by atoms with Gasteiger partial charge >= 0.3 is 0 Å². The van der Waals surface area contributed by atoms with Crippen LogP contribution in [0.25, 0.3) is 11.0 Å². The van der Waals surface area contributed by atoms with Crippen molar-refractivity contribution in [2.45, 2.75) is 39.7 Å². The summed E-state index contributed by atoms with van der Waals surface area (Å²) in [6, 6.07) is 3.46. The first kappa shape index (κ1) is 19.4. The van der Waals surface area contributed by atoms with Gasteiger partial charge in [0.1, 0.15) is 11.2 Å². The Morgan fingerprint density at radius 3 is 2.94 bits per heavy atom. The third-order valence-corrected chi connectivity index (χ3v) is 6.13. The molecule has 2 amide bonds. The van der Waals surface area contributed by atoms with E-state index < -0.39 is 5.91 Å². The van der Waals surface area contributed by atoms with Crippen molar-refractivity contribution in [1.29, 1.82) is 0 Å². The van der Waals surface area contributed by atoms with Crippen molar-refractivity contribution in [2.75, 3.05) is 0 Å². The summed E-state index contributed by atoms with van der Waals surface area (Å²) in [6.45, 7) is 4.36. The van der Waals surface area contributed by atoms with Crippen molar-refractivity contribution in [3.8, 4) is 0 Å². The lowest BCUT2D eigenvalue weighted by atomic mass is 9.85. The lowest BCUT2D eigenvalue weighted by Gasteiger charge is -2.28.